The van der Waals surface area contributed by atoms with Gasteiger partial charge in [-0.05, 0) is 30.3 Å². The highest BCUT2D eigenvalue weighted by molar-refractivity contribution is 7.88. The number of nitrogens with one attached hydrogen (secondary N) is 2. The van der Waals surface area contributed by atoms with Gasteiger partial charge >= 0.3 is 0 Å². The Labute approximate surface area is 213 Å². The molecule has 0 atom stereocenters. The molecule has 0 aliphatic carbocycles. The Morgan fingerprint density at radius 3 is 2.64 bits per heavy atom. The highest BCUT2D eigenvalue weighted by Crippen LogP contribution is 2.27. The molecule has 1 aliphatic rings. The lowest BCUT2D eigenvalue weighted by Crippen LogP contribution is -2.48. The van der Waals surface area contributed by atoms with Crippen LogP contribution in [0.1, 0.15) is 6.42 Å². The van der Waals surface area contributed by atoms with Crippen molar-refractivity contribution in [3.63, 3.8) is 0 Å². The average molecular weight is 534 g/mol. The number of hydrogen-bond acceptors (Lipinski definition) is 8. The number of benzene rings is 1. The molecule has 0 spiro atoms. The van der Waals surface area contributed by atoms with Crippen LogP contribution in [0.4, 0.5) is 21.6 Å². The maximum atomic E-state index is 14.2. The van der Waals surface area contributed by atoms with Crippen LogP contribution in [0.5, 0.6) is 0 Å². The first-order valence-electron chi connectivity index (χ1n) is 11.2. The number of hydrogen-bond donors (Lipinski definition) is 2. The van der Waals surface area contributed by atoms with Gasteiger partial charge < -0.3 is 15.5 Å². The van der Waals surface area contributed by atoms with Gasteiger partial charge in [-0.1, -0.05) is 11.6 Å². The van der Waals surface area contributed by atoms with Crippen LogP contribution in [0, 0.1) is 5.82 Å². The summed E-state index contributed by atoms with van der Waals surface area (Å²) in [6, 6.07) is 9.24. The van der Waals surface area contributed by atoms with Crippen LogP contribution in [0.3, 0.4) is 0 Å². The molecule has 0 unspecified atom stereocenters. The van der Waals surface area contributed by atoms with E-state index in [2.05, 4.69) is 30.7 Å². The fraction of sp³-hybridized carbons (Fsp3) is 0.304. The normalized spacial score (nSPS) is 15.0. The number of nitrogens with zero attached hydrogens (tertiary/aromatic N) is 5. The number of carbonyl (C=O) groups excluding carboxylic acids is 1. The van der Waals surface area contributed by atoms with E-state index in [1.165, 1.54) is 35.0 Å². The maximum absolute atomic E-state index is 14.2. The number of pyridine rings is 1. The van der Waals surface area contributed by atoms with Gasteiger partial charge in [-0.25, -0.2) is 17.8 Å². The minimum atomic E-state index is -3.18. The van der Waals surface area contributed by atoms with E-state index < -0.39 is 15.8 Å². The molecule has 1 amide bonds. The average Bonchev–Trinajstić information content (AvgIpc) is 2.84. The number of carbonyl (C=O) groups is 1. The summed E-state index contributed by atoms with van der Waals surface area (Å²) in [6.45, 7) is 2.53. The molecule has 36 heavy (non-hydrogen) atoms. The van der Waals surface area contributed by atoms with E-state index in [0.717, 1.165) is 0 Å². The van der Waals surface area contributed by atoms with E-state index in [1.807, 2.05) is 0 Å². The fourth-order valence-electron chi connectivity index (χ4n) is 3.75. The summed E-state index contributed by atoms with van der Waals surface area (Å²) in [5.74, 6) is -0.290. The van der Waals surface area contributed by atoms with Crippen LogP contribution >= 0.6 is 11.6 Å². The fourth-order valence-corrected chi connectivity index (χ4v) is 4.75. The minimum Gasteiger partial charge on any atom is -0.354 e. The zero-order valence-electron chi connectivity index (χ0n) is 19.5. The largest absolute Gasteiger partial charge is 0.354 e. The van der Waals surface area contributed by atoms with Crippen molar-refractivity contribution in [3.8, 4) is 11.3 Å². The van der Waals surface area contributed by atoms with Crippen molar-refractivity contribution in [1.82, 2.24) is 24.4 Å². The van der Waals surface area contributed by atoms with E-state index in [9.17, 15) is 17.6 Å². The molecule has 10 nitrogen and oxygen atoms in total. The van der Waals surface area contributed by atoms with Gasteiger partial charge in [0.05, 0.1) is 23.8 Å². The molecule has 3 heterocycles. The topological polar surface area (TPSA) is 120 Å². The van der Waals surface area contributed by atoms with Crippen molar-refractivity contribution >= 4 is 44.7 Å². The van der Waals surface area contributed by atoms with Crippen molar-refractivity contribution < 1.29 is 17.6 Å². The second-order valence-electron chi connectivity index (χ2n) is 8.31. The number of piperazine rings is 1. The van der Waals surface area contributed by atoms with Gasteiger partial charge in [0.1, 0.15) is 11.6 Å². The lowest BCUT2D eigenvalue weighted by Gasteiger charge is -2.32. The first kappa shape index (κ1) is 25.9. The predicted octanol–water partition coefficient (Wildman–Crippen LogP) is 2.98. The molecule has 2 N–H and O–H groups in total. The van der Waals surface area contributed by atoms with Crippen molar-refractivity contribution in [2.75, 3.05) is 49.6 Å². The van der Waals surface area contributed by atoms with Gasteiger partial charge in [-0.3, -0.25) is 4.79 Å². The van der Waals surface area contributed by atoms with Crippen molar-refractivity contribution in [2.24, 2.45) is 0 Å². The highest BCUT2D eigenvalue weighted by atomic mass is 35.5. The van der Waals surface area contributed by atoms with Crippen molar-refractivity contribution in [3.05, 3.63) is 59.6 Å². The van der Waals surface area contributed by atoms with Crippen LogP contribution in [-0.2, 0) is 14.8 Å². The Bertz CT molecular complexity index is 1350. The summed E-state index contributed by atoms with van der Waals surface area (Å²) < 4.78 is 38.9. The van der Waals surface area contributed by atoms with Crippen LogP contribution in [0.15, 0.2) is 48.8 Å². The van der Waals surface area contributed by atoms with E-state index in [4.69, 9.17) is 11.6 Å². The Balaban J connectivity index is 1.33. The van der Waals surface area contributed by atoms with E-state index >= 15 is 0 Å². The summed E-state index contributed by atoms with van der Waals surface area (Å²) >= 11 is 5.99. The smallest absolute Gasteiger partial charge is 0.226 e. The number of rotatable bonds is 8. The lowest BCUT2D eigenvalue weighted by molar-refractivity contribution is -0.116. The van der Waals surface area contributed by atoms with E-state index in [0.29, 0.717) is 60.6 Å². The van der Waals surface area contributed by atoms with Crippen molar-refractivity contribution in [1.29, 1.82) is 0 Å². The van der Waals surface area contributed by atoms with Crippen LogP contribution in [0.2, 0.25) is 5.02 Å². The Morgan fingerprint density at radius 2 is 1.89 bits per heavy atom. The third kappa shape index (κ3) is 6.94. The van der Waals surface area contributed by atoms with Gasteiger partial charge in [0.2, 0.25) is 15.9 Å². The molecule has 3 aromatic rings. The first-order chi connectivity index (χ1) is 17.2. The molecule has 190 valence electrons. The van der Waals surface area contributed by atoms with Gasteiger partial charge in [0, 0.05) is 67.7 Å². The highest BCUT2D eigenvalue weighted by Gasteiger charge is 2.23. The Hall–Kier alpha value is -3.19. The molecule has 0 bridgehead atoms. The molecule has 0 radical (unpaired) electrons. The summed E-state index contributed by atoms with van der Waals surface area (Å²) in [7, 11) is -3.18. The third-order valence-corrected chi connectivity index (χ3v) is 7.17. The van der Waals surface area contributed by atoms with Gasteiger partial charge in [-0.15, -0.1) is 0 Å². The molecule has 13 heteroatoms. The first-order valence-corrected chi connectivity index (χ1v) is 13.4. The van der Waals surface area contributed by atoms with Gasteiger partial charge in [0.15, 0.2) is 0 Å². The van der Waals surface area contributed by atoms with Crippen LogP contribution in [-0.4, -0.2) is 77.7 Å². The zero-order valence-corrected chi connectivity index (χ0v) is 21.1. The summed E-state index contributed by atoms with van der Waals surface area (Å²) in [6.07, 6.45) is 4.50. The molecule has 1 aromatic carbocycles. The number of sulfonamides is 1. The Kier molecular flexibility index (Phi) is 8.09. The molecule has 1 fully saturated rings. The lowest BCUT2D eigenvalue weighted by atomic mass is 10.1. The molecule has 1 aliphatic heterocycles. The zero-order chi connectivity index (χ0) is 25.7. The quantitative estimate of drug-likeness (QED) is 0.453. The number of aromatic nitrogens is 3. The number of halogens is 2. The van der Waals surface area contributed by atoms with E-state index in [-0.39, 0.29) is 17.9 Å². The second kappa shape index (κ2) is 11.2. The molecular weight excluding hydrogens is 509 g/mol. The standard InChI is InChI=1S/C23H25ClFN7O3S/c1-36(34,35)32-10-8-31(9-11-32)7-5-23(33)29-22-14-17(4-6-26-22)28-18-13-21(30-27-15-18)19-12-16(24)2-3-20(19)25/h2-4,6,12-15H,5,7-11H2,1H3,(H2,26,28,29,30,33). The molecule has 2 aromatic heterocycles. The van der Waals surface area contributed by atoms with Crippen molar-refractivity contribution in [2.45, 2.75) is 6.42 Å². The minimum absolute atomic E-state index is 0.200. The van der Waals surface area contributed by atoms with Crippen LogP contribution < -0.4 is 10.6 Å². The number of amides is 1. The molecule has 1 saturated heterocycles. The molecule has 0 saturated carbocycles. The van der Waals surface area contributed by atoms with Gasteiger partial charge in [-0.2, -0.15) is 14.5 Å². The third-order valence-electron chi connectivity index (χ3n) is 5.63. The Morgan fingerprint density at radius 1 is 1.11 bits per heavy atom. The number of anilines is 3. The maximum Gasteiger partial charge on any atom is 0.226 e. The molecular formula is C23H25ClFN7O3S. The van der Waals surface area contributed by atoms with Crippen LogP contribution in [0.25, 0.3) is 11.3 Å². The summed E-state index contributed by atoms with van der Waals surface area (Å²) in [5, 5.41) is 14.2. The summed E-state index contributed by atoms with van der Waals surface area (Å²) in [5.41, 5.74) is 1.76. The predicted molar refractivity (Wildman–Crippen MR) is 136 cm³/mol. The second-order valence-corrected chi connectivity index (χ2v) is 10.7. The van der Waals surface area contributed by atoms with E-state index in [1.54, 1.807) is 24.4 Å². The monoisotopic (exact) mass is 533 g/mol. The summed E-state index contributed by atoms with van der Waals surface area (Å²) in [4.78, 5) is 18.7. The van der Waals surface area contributed by atoms with Gasteiger partial charge in [0.25, 0.3) is 0 Å². The SMILES string of the molecule is CS(=O)(=O)N1CCN(CCC(=O)Nc2cc(Nc3cnnc(-c4cc(Cl)ccc4F)c3)ccn2)CC1. The molecule has 4 rings (SSSR count).